The first-order valence-corrected chi connectivity index (χ1v) is 7.66. The number of nitrogens with zero attached hydrogens (tertiary/aromatic N) is 4. The van der Waals surface area contributed by atoms with Crippen LogP contribution in [0.5, 0.6) is 0 Å². The molecule has 1 aromatic rings. The molecule has 5 nitrogen and oxygen atoms in total. The zero-order chi connectivity index (χ0) is 14.4. The smallest absolute Gasteiger partial charge is 0.226 e. The molecular weight excluding hydrogens is 250 g/mol. The van der Waals surface area contributed by atoms with E-state index < -0.39 is 0 Å². The fourth-order valence-corrected chi connectivity index (χ4v) is 2.65. The highest BCUT2D eigenvalue weighted by Crippen LogP contribution is 2.22. The Morgan fingerprint density at radius 3 is 3.05 bits per heavy atom. The Kier molecular flexibility index (Phi) is 5.59. The fraction of sp³-hybridized carbons (Fsp3) is 0.733. The molecule has 1 N–H and O–H groups in total. The van der Waals surface area contributed by atoms with Crippen LogP contribution in [0.4, 0.5) is 11.8 Å². The molecule has 0 aliphatic carbocycles. The van der Waals surface area contributed by atoms with Gasteiger partial charge in [0.05, 0.1) is 0 Å². The van der Waals surface area contributed by atoms with Gasteiger partial charge in [-0.1, -0.05) is 6.92 Å². The molecular formula is C15H27N5. The Hall–Kier alpha value is -1.36. The molecule has 5 heteroatoms. The van der Waals surface area contributed by atoms with Crippen LogP contribution in [0.15, 0.2) is 12.3 Å². The zero-order valence-corrected chi connectivity index (χ0v) is 13.0. The maximum absolute atomic E-state index is 4.65. The van der Waals surface area contributed by atoms with Gasteiger partial charge in [-0.2, -0.15) is 4.98 Å². The van der Waals surface area contributed by atoms with E-state index >= 15 is 0 Å². The molecule has 0 bridgehead atoms. The number of hydrogen-bond donors (Lipinski definition) is 1. The molecule has 0 saturated carbocycles. The van der Waals surface area contributed by atoms with Crippen LogP contribution in [0.25, 0.3) is 0 Å². The van der Waals surface area contributed by atoms with E-state index in [1.165, 1.54) is 19.3 Å². The quantitative estimate of drug-likeness (QED) is 0.803. The van der Waals surface area contributed by atoms with Crippen LogP contribution in [-0.2, 0) is 0 Å². The van der Waals surface area contributed by atoms with Gasteiger partial charge >= 0.3 is 0 Å². The minimum Gasteiger partial charge on any atom is -0.356 e. The highest BCUT2D eigenvalue weighted by molar-refractivity contribution is 5.43. The lowest BCUT2D eigenvalue weighted by Crippen LogP contribution is -2.40. The second-order valence-corrected chi connectivity index (χ2v) is 5.77. The molecule has 0 amide bonds. The molecule has 1 aliphatic heterocycles. The molecule has 1 atom stereocenters. The molecule has 1 unspecified atom stereocenters. The fourth-order valence-electron chi connectivity index (χ4n) is 2.65. The average molecular weight is 277 g/mol. The third-order valence-electron chi connectivity index (χ3n) is 3.73. The predicted molar refractivity (Wildman–Crippen MR) is 84.5 cm³/mol. The minimum absolute atomic E-state index is 0.730. The summed E-state index contributed by atoms with van der Waals surface area (Å²) in [5, 5.41) is 3.54. The third-order valence-corrected chi connectivity index (χ3v) is 3.73. The molecule has 2 rings (SSSR count). The summed E-state index contributed by atoms with van der Waals surface area (Å²) >= 11 is 0. The highest BCUT2D eigenvalue weighted by atomic mass is 15.3. The molecule has 0 radical (unpaired) electrons. The van der Waals surface area contributed by atoms with Crippen molar-refractivity contribution < 1.29 is 0 Å². The molecule has 1 aliphatic rings. The SMILES string of the molecule is CCCNCC1CCCN(c2ccnc(N(C)C)n2)C1. The first-order chi connectivity index (χ1) is 9.70. The van der Waals surface area contributed by atoms with Crippen molar-refractivity contribution in [3.8, 4) is 0 Å². The van der Waals surface area contributed by atoms with Gasteiger partial charge in [-0.25, -0.2) is 4.98 Å². The van der Waals surface area contributed by atoms with E-state index in [-0.39, 0.29) is 0 Å². The van der Waals surface area contributed by atoms with Gasteiger partial charge in [0.15, 0.2) is 0 Å². The van der Waals surface area contributed by atoms with Gasteiger partial charge < -0.3 is 15.1 Å². The maximum Gasteiger partial charge on any atom is 0.226 e. The summed E-state index contributed by atoms with van der Waals surface area (Å²) < 4.78 is 0. The van der Waals surface area contributed by atoms with Crippen LogP contribution < -0.4 is 15.1 Å². The van der Waals surface area contributed by atoms with Crippen LogP contribution >= 0.6 is 0 Å². The monoisotopic (exact) mass is 277 g/mol. The average Bonchev–Trinajstić information content (AvgIpc) is 2.48. The highest BCUT2D eigenvalue weighted by Gasteiger charge is 2.21. The Morgan fingerprint density at radius 1 is 1.45 bits per heavy atom. The lowest BCUT2D eigenvalue weighted by atomic mass is 9.98. The summed E-state index contributed by atoms with van der Waals surface area (Å²) in [7, 11) is 3.96. The van der Waals surface area contributed by atoms with Crippen LogP contribution in [0.1, 0.15) is 26.2 Å². The number of aromatic nitrogens is 2. The molecule has 1 saturated heterocycles. The normalized spacial score (nSPS) is 19.1. The molecule has 1 fully saturated rings. The number of nitrogens with one attached hydrogen (secondary N) is 1. The standard InChI is InChI=1S/C15H27N5/c1-4-8-16-11-13-6-5-10-20(12-13)14-7-9-17-15(18-14)19(2)3/h7,9,13,16H,4-6,8,10-12H2,1-3H3. The summed E-state index contributed by atoms with van der Waals surface area (Å²) in [6.45, 7) is 6.66. The third kappa shape index (κ3) is 4.07. The lowest BCUT2D eigenvalue weighted by Gasteiger charge is -2.34. The summed E-state index contributed by atoms with van der Waals surface area (Å²) in [6.07, 6.45) is 5.63. The van der Waals surface area contributed by atoms with E-state index in [4.69, 9.17) is 0 Å². The molecule has 1 aromatic heterocycles. The minimum atomic E-state index is 0.730. The maximum atomic E-state index is 4.65. The molecule has 0 aromatic carbocycles. The first-order valence-electron chi connectivity index (χ1n) is 7.66. The van der Waals surface area contributed by atoms with E-state index in [1.54, 1.807) is 0 Å². The van der Waals surface area contributed by atoms with Gasteiger partial charge in [0.25, 0.3) is 0 Å². The Labute approximate surface area is 122 Å². The molecule has 20 heavy (non-hydrogen) atoms. The number of piperidine rings is 1. The Bertz CT molecular complexity index is 407. The summed E-state index contributed by atoms with van der Waals surface area (Å²) in [5.74, 6) is 2.57. The van der Waals surface area contributed by atoms with Crippen molar-refractivity contribution in [1.82, 2.24) is 15.3 Å². The summed E-state index contributed by atoms with van der Waals surface area (Å²) in [5.41, 5.74) is 0. The van der Waals surface area contributed by atoms with Crippen molar-refractivity contribution in [1.29, 1.82) is 0 Å². The van der Waals surface area contributed by atoms with Crippen molar-refractivity contribution in [3.05, 3.63) is 12.3 Å². The van der Waals surface area contributed by atoms with E-state index in [0.29, 0.717) is 0 Å². The van der Waals surface area contributed by atoms with Gasteiger partial charge in [0.1, 0.15) is 5.82 Å². The second kappa shape index (κ2) is 7.43. The lowest BCUT2D eigenvalue weighted by molar-refractivity contribution is 0.391. The van der Waals surface area contributed by atoms with Gasteiger partial charge in [0, 0.05) is 33.4 Å². The first kappa shape index (κ1) is 15.0. The number of rotatable bonds is 6. The van der Waals surface area contributed by atoms with Crippen molar-refractivity contribution >= 4 is 11.8 Å². The van der Waals surface area contributed by atoms with Crippen molar-refractivity contribution in [2.45, 2.75) is 26.2 Å². The van der Waals surface area contributed by atoms with E-state index in [0.717, 1.165) is 43.9 Å². The van der Waals surface area contributed by atoms with Crippen LogP contribution in [-0.4, -0.2) is 50.2 Å². The van der Waals surface area contributed by atoms with Crippen LogP contribution in [0, 0.1) is 5.92 Å². The summed E-state index contributed by atoms with van der Waals surface area (Å²) in [4.78, 5) is 13.3. The Balaban J connectivity index is 1.96. The number of hydrogen-bond acceptors (Lipinski definition) is 5. The van der Waals surface area contributed by atoms with Crippen LogP contribution in [0.2, 0.25) is 0 Å². The summed E-state index contributed by atoms with van der Waals surface area (Å²) in [6, 6.07) is 2.02. The van der Waals surface area contributed by atoms with E-state index in [1.807, 2.05) is 31.3 Å². The zero-order valence-electron chi connectivity index (χ0n) is 13.0. The van der Waals surface area contributed by atoms with Crippen molar-refractivity contribution in [3.63, 3.8) is 0 Å². The van der Waals surface area contributed by atoms with Crippen LogP contribution in [0.3, 0.4) is 0 Å². The van der Waals surface area contributed by atoms with E-state index in [9.17, 15) is 0 Å². The molecule has 0 spiro atoms. The van der Waals surface area contributed by atoms with Gasteiger partial charge in [-0.15, -0.1) is 0 Å². The predicted octanol–water partition coefficient (Wildman–Crippen LogP) is 1.76. The topological polar surface area (TPSA) is 44.3 Å². The largest absolute Gasteiger partial charge is 0.356 e. The van der Waals surface area contributed by atoms with Crippen molar-refractivity contribution in [2.24, 2.45) is 5.92 Å². The van der Waals surface area contributed by atoms with Gasteiger partial charge in [-0.3, -0.25) is 0 Å². The van der Waals surface area contributed by atoms with Gasteiger partial charge in [0.2, 0.25) is 5.95 Å². The Morgan fingerprint density at radius 2 is 2.30 bits per heavy atom. The molecule has 112 valence electrons. The molecule has 2 heterocycles. The number of anilines is 2. The van der Waals surface area contributed by atoms with Gasteiger partial charge in [-0.05, 0) is 44.3 Å². The van der Waals surface area contributed by atoms with Crippen molar-refractivity contribution in [2.75, 3.05) is 50.1 Å². The second-order valence-electron chi connectivity index (χ2n) is 5.77. The van der Waals surface area contributed by atoms with E-state index in [2.05, 4.69) is 27.1 Å².